The van der Waals surface area contributed by atoms with Crippen molar-refractivity contribution in [2.75, 3.05) is 0 Å². The van der Waals surface area contributed by atoms with E-state index >= 15 is 0 Å². The van der Waals surface area contributed by atoms with Crippen molar-refractivity contribution in [3.63, 3.8) is 0 Å². The molecular formula is C22H18O9. The van der Waals surface area contributed by atoms with Crippen molar-refractivity contribution in [2.24, 2.45) is 0 Å². The van der Waals surface area contributed by atoms with Crippen molar-refractivity contribution in [1.82, 2.24) is 0 Å². The number of phenolic OH excluding ortho intramolecular Hbond substituents is 6. The summed E-state index contributed by atoms with van der Waals surface area (Å²) in [4.78, 5) is 12.7. The maximum absolute atomic E-state index is 12.7. The van der Waals surface area contributed by atoms with E-state index in [4.69, 9.17) is 9.47 Å². The quantitative estimate of drug-likeness (QED) is 0.274. The summed E-state index contributed by atoms with van der Waals surface area (Å²) < 4.78 is 11.5. The molecule has 0 fully saturated rings. The van der Waals surface area contributed by atoms with E-state index in [1.165, 1.54) is 24.3 Å². The first-order chi connectivity index (χ1) is 14.7. The SMILES string of the molecule is O=C(O[C@@H]1Cc2cccc(O)c2O[C@H]1c1ccc(O)c(O)c1)c1cc(O)c(O)c(O)c1. The number of benzene rings is 3. The number of phenols is 6. The van der Waals surface area contributed by atoms with E-state index in [0.29, 0.717) is 11.1 Å². The molecule has 31 heavy (non-hydrogen) atoms. The zero-order chi connectivity index (χ0) is 22.3. The van der Waals surface area contributed by atoms with Crippen molar-refractivity contribution in [3.05, 3.63) is 65.2 Å². The minimum absolute atomic E-state index is 0.108. The summed E-state index contributed by atoms with van der Waals surface area (Å²) >= 11 is 0. The Hall–Kier alpha value is -4.27. The first-order valence-electron chi connectivity index (χ1n) is 9.20. The minimum atomic E-state index is -0.949. The zero-order valence-corrected chi connectivity index (χ0v) is 15.9. The molecule has 1 aliphatic rings. The van der Waals surface area contributed by atoms with Crippen molar-refractivity contribution in [3.8, 4) is 40.2 Å². The molecule has 9 nitrogen and oxygen atoms in total. The number of fused-ring (bicyclic) bond motifs is 1. The molecule has 0 saturated carbocycles. The first-order valence-corrected chi connectivity index (χ1v) is 9.20. The number of carbonyl (C=O) groups is 1. The van der Waals surface area contributed by atoms with Crippen LogP contribution >= 0.6 is 0 Å². The molecule has 6 N–H and O–H groups in total. The standard InChI is InChI=1S/C22H18O9/c23-13-5-4-11(6-15(13)25)21-18(9-10-2-1-3-14(24)20(10)31-21)30-22(29)12-7-16(26)19(28)17(27)8-12/h1-8,18,21,23-28H,9H2/t18-,21+/m1/s1. The number of para-hydroxylation sites is 1. The number of esters is 1. The topological polar surface area (TPSA) is 157 Å². The molecule has 0 unspecified atom stereocenters. The third-order valence-corrected chi connectivity index (χ3v) is 4.97. The van der Waals surface area contributed by atoms with E-state index in [1.54, 1.807) is 12.1 Å². The summed E-state index contributed by atoms with van der Waals surface area (Å²) in [6, 6.07) is 10.6. The van der Waals surface area contributed by atoms with Gasteiger partial charge in [-0.15, -0.1) is 0 Å². The summed E-state index contributed by atoms with van der Waals surface area (Å²) in [5.41, 5.74) is 0.744. The predicted molar refractivity (Wildman–Crippen MR) is 106 cm³/mol. The van der Waals surface area contributed by atoms with Gasteiger partial charge in [0.05, 0.1) is 5.56 Å². The molecule has 9 heteroatoms. The Labute approximate surface area is 175 Å². The molecule has 160 valence electrons. The molecule has 0 aliphatic carbocycles. The summed E-state index contributed by atoms with van der Waals surface area (Å²) in [6.45, 7) is 0. The Morgan fingerprint density at radius 2 is 1.55 bits per heavy atom. The number of hydrogen-bond donors (Lipinski definition) is 6. The molecule has 0 bridgehead atoms. The highest BCUT2D eigenvalue weighted by Gasteiger charge is 2.36. The largest absolute Gasteiger partial charge is 0.504 e. The maximum atomic E-state index is 12.7. The molecule has 2 atom stereocenters. The lowest BCUT2D eigenvalue weighted by Gasteiger charge is -2.33. The van der Waals surface area contributed by atoms with Crippen LogP contribution in [0.25, 0.3) is 0 Å². The van der Waals surface area contributed by atoms with Gasteiger partial charge in [0.2, 0.25) is 0 Å². The Bertz CT molecular complexity index is 1150. The molecule has 3 aromatic carbocycles. The predicted octanol–water partition coefficient (Wildman–Crippen LogP) is 2.82. The molecule has 1 aliphatic heterocycles. The van der Waals surface area contributed by atoms with Gasteiger partial charge < -0.3 is 40.1 Å². The third kappa shape index (κ3) is 3.68. The lowest BCUT2D eigenvalue weighted by atomic mass is 9.94. The van der Waals surface area contributed by atoms with Gasteiger partial charge in [-0.25, -0.2) is 4.79 Å². The van der Waals surface area contributed by atoms with E-state index < -0.39 is 41.2 Å². The van der Waals surface area contributed by atoms with Gasteiger partial charge in [-0.1, -0.05) is 18.2 Å². The van der Waals surface area contributed by atoms with Gasteiger partial charge in [0.15, 0.2) is 46.4 Å². The lowest BCUT2D eigenvalue weighted by Crippen LogP contribution is -2.34. The molecular weight excluding hydrogens is 408 g/mol. The second kappa shape index (κ2) is 7.52. The fourth-order valence-electron chi connectivity index (χ4n) is 3.43. The van der Waals surface area contributed by atoms with E-state index in [2.05, 4.69) is 0 Å². The van der Waals surface area contributed by atoms with Crippen molar-refractivity contribution in [2.45, 2.75) is 18.6 Å². The summed E-state index contributed by atoms with van der Waals surface area (Å²) in [5.74, 6) is -3.70. The Morgan fingerprint density at radius 1 is 0.839 bits per heavy atom. The van der Waals surface area contributed by atoms with Crippen LogP contribution in [-0.4, -0.2) is 42.7 Å². The average Bonchev–Trinajstić information content (AvgIpc) is 2.73. The van der Waals surface area contributed by atoms with Crippen LogP contribution in [-0.2, 0) is 11.2 Å². The van der Waals surface area contributed by atoms with Crippen molar-refractivity contribution in [1.29, 1.82) is 0 Å². The van der Waals surface area contributed by atoms with E-state index in [1.807, 2.05) is 0 Å². The van der Waals surface area contributed by atoms with Crippen LogP contribution in [0.15, 0.2) is 48.5 Å². The van der Waals surface area contributed by atoms with E-state index in [0.717, 1.165) is 12.1 Å². The number of carbonyl (C=O) groups excluding carboxylic acids is 1. The molecule has 0 radical (unpaired) electrons. The van der Waals surface area contributed by atoms with Crippen molar-refractivity contribution >= 4 is 5.97 Å². The second-order valence-electron chi connectivity index (χ2n) is 7.06. The van der Waals surface area contributed by atoms with Gasteiger partial charge in [0, 0.05) is 17.5 Å². The highest BCUT2D eigenvalue weighted by atomic mass is 16.6. The number of ether oxygens (including phenoxy) is 2. The Morgan fingerprint density at radius 3 is 2.23 bits per heavy atom. The number of rotatable bonds is 3. The van der Waals surface area contributed by atoms with Crippen LogP contribution < -0.4 is 4.74 Å². The molecule has 0 spiro atoms. The maximum Gasteiger partial charge on any atom is 0.338 e. The van der Waals surface area contributed by atoms with Gasteiger partial charge >= 0.3 is 5.97 Å². The first kappa shape index (κ1) is 20.0. The molecule has 0 aromatic heterocycles. The zero-order valence-electron chi connectivity index (χ0n) is 15.9. The van der Waals surface area contributed by atoms with Crippen LogP contribution in [0.3, 0.4) is 0 Å². The monoisotopic (exact) mass is 426 g/mol. The number of aromatic hydroxyl groups is 6. The molecule has 4 rings (SSSR count). The fraction of sp³-hybridized carbons (Fsp3) is 0.136. The smallest absolute Gasteiger partial charge is 0.338 e. The van der Waals surface area contributed by atoms with Crippen LogP contribution in [0, 0.1) is 0 Å². The summed E-state index contributed by atoms with van der Waals surface area (Å²) in [7, 11) is 0. The highest BCUT2D eigenvalue weighted by molar-refractivity contribution is 5.91. The summed E-state index contributed by atoms with van der Waals surface area (Å²) in [5, 5.41) is 58.4. The minimum Gasteiger partial charge on any atom is -0.504 e. The Kier molecular flexibility index (Phi) is 4.86. The molecule has 1 heterocycles. The van der Waals surface area contributed by atoms with Gasteiger partial charge in [0.1, 0.15) is 6.10 Å². The fourth-order valence-corrected chi connectivity index (χ4v) is 3.43. The Balaban J connectivity index is 1.70. The lowest BCUT2D eigenvalue weighted by molar-refractivity contribution is -0.0191. The average molecular weight is 426 g/mol. The third-order valence-electron chi connectivity index (χ3n) is 4.97. The van der Waals surface area contributed by atoms with Gasteiger partial charge in [-0.2, -0.15) is 0 Å². The van der Waals surface area contributed by atoms with Gasteiger partial charge in [-0.3, -0.25) is 0 Å². The van der Waals surface area contributed by atoms with Crippen molar-refractivity contribution < 1.29 is 44.9 Å². The molecule has 0 saturated heterocycles. The van der Waals surface area contributed by atoms with E-state index in [-0.39, 0.29) is 29.2 Å². The van der Waals surface area contributed by atoms with Gasteiger partial charge in [-0.05, 0) is 30.3 Å². The second-order valence-corrected chi connectivity index (χ2v) is 7.06. The van der Waals surface area contributed by atoms with Crippen LogP contribution in [0.4, 0.5) is 0 Å². The normalized spacial score (nSPS) is 17.4. The highest BCUT2D eigenvalue weighted by Crippen LogP contribution is 2.43. The number of hydrogen-bond acceptors (Lipinski definition) is 9. The summed E-state index contributed by atoms with van der Waals surface area (Å²) in [6.07, 6.45) is -1.72. The van der Waals surface area contributed by atoms with Crippen LogP contribution in [0.2, 0.25) is 0 Å². The van der Waals surface area contributed by atoms with Crippen LogP contribution in [0.1, 0.15) is 27.6 Å². The molecule has 0 amide bonds. The van der Waals surface area contributed by atoms with Gasteiger partial charge in [0.25, 0.3) is 0 Å². The molecule has 3 aromatic rings. The van der Waals surface area contributed by atoms with Crippen LogP contribution in [0.5, 0.6) is 40.2 Å². The van der Waals surface area contributed by atoms with E-state index in [9.17, 15) is 35.4 Å².